The number of carbonyl (C=O) groups is 1. The van der Waals surface area contributed by atoms with Crippen LogP contribution in [0.1, 0.15) is 18.4 Å². The van der Waals surface area contributed by atoms with Gasteiger partial charge < -0.3 is 24.3 Å². The molecule has 0 bridgehead atoms. The molecule has 0 saturated carbocycles. The van der Waals surface area contributed by atoms with E-state index in [4.69, 9.17) is 18.9 Å². The second kappa shape index (κ2) is 8.70. The maximum Gasteiger partial charge on any atom is 0.234 e. The predicted octanol–water partition coefficient (Wildman–Crippen LogP) is 1.20. The summed E-state index contributed by atoms with van der Waals surface area (Å²) in [5, 5.41) is 2.99. The van der Waals surface area contributed by atoms with Crippen LogP contribution in [-0.4, -0.2) is 70.2 Å². The van der Waals surface area contributed by atoms with Crippen molar-refractivity contribution in [3.05, 3.63) is 23.8 Å². The summed E-state index contributed by atoms with van der Waals surface area (Å²) in [5.74, 6) is 1.07. The number of nitrogens with zero attached hydrogens (tertiary/aromatic N) is 1. The van der Waals surface area contributed by atoms with E-state index in [0.717, 1.165) is 37.9 Å². The molecule has 0 radical (unpaired) electrons. The number of likely N-dealkylation sites (tertiary alicyclic amines) is 1. The van der Waals surface area contributed by atoms with E-state index in [1.165, 1.54) is 0 Å². The topological polar surface area (TPSA) is 69.3 Å². The Bertz CT molecular complexity index is 606. The van der Waals surface area contributed by atoms with E-state index in [1.807, 2.05) is 18.2 Å². The Balaban J connectivity index is 1.38. The highest BCUT2D eigenvalue weighted by molar-refractivity contribution is 5.78. The Labute approximate surface area is 154 Å². The van der Waals surface area contributed by atoms with Gasteiger partial charge in [0, 0.05) is 32.5 Å². The van der Waals surface area contributed by atoms with E-state index in [0.29, 0.717) is 37.8 Å². The minimum atomic E-state index is -0.388. The van der Waals surface area contributed by atoms with Gasteiger partial charge in [-0.05, 0) is 24.1 Å². The average molecular weight is 364 g/mol. The van der Waals surface area contributed by atoms with Gasteiger partial charge in [-0.1, -0.05) is 6.07 Å². The zero-order chi connectivity index (χ0) is 18.4. The largest absolute Gasteiger partial charge is 0.493 e. The summed E-state index contributed by atoms with van der Waals surface area (Å²) in [4.78, 5) is 14.3. The molecule has 3 rings (SSSR count). The maximum absolute atomic E-state index is 12.2. The smallest absolute Gasteiger partial charge is 0.234 e. The van der Waals surface area contributed by atoms with Crippen LogP contribution >= 0.6 is 0 Å². The zero-order valence-electron chi connectivity index (χ0n) is 15.6. The molecule has 0 unspecified atom stereocenters. The number of benzene rings is 1. The second-order valence-corrected chi connectivity index (χ2v) is 6.67. The normalized spacial score (nSPS) is 19.5. The summed E-state index contributed by atoms with van der Waals surface area (Å²) in [5.41, 5.74) is 1.10. The van der Waals surface area contributed by atoms with Crippen LogP contribution in [0.25, 0.3) is 0 Å². The van der Waals surface area contributed by atoms with Gasteiger partial charge >= 0.3 is 0 Å². The van der Waals surface area contributed by atoms with Gasteiger partial charge in [0.05, 0.1) is 34.0 Å². The molecule has 2 aliphatic heterocycles. The van der Waals surface area contributed by atoms with Crippen molar-refractivity contribution in [3.8, 4) is 11.5 Å². The summed E-state index contributed by atoms with van der Waals surface area (Å²) >= 11 is 0. The van der Waals surface area contributed by atoms with Crippen molar-refractivity contribution in [2.45, 2.75) is 25.0 Å². The minimum Gasteiger partial charge on any atom is -0.493 e. The van der Waals surface area contributed by atoms with Gasteiger partial charge in [0.2, 0.25) is 5.91 Å². The fourth-order valence-electron chi connectivity index (χ4n) is 3.48. The molecular weight excluding hydrogens is 336 g/mol. The highest BCUT2D eigenvalue weighted by Gasteiger charge is 2.39. The number of rotatable bonds is 7. The number of carbonyl (C=O) groups excluding carboxylic acids is 1. The van der Waals surface area contributed by atoms with E-state index in [9.17, 15) is 4.79 Å². The third-order valence-corrected chi connectivity index (χ3v) is 4.98. The highest BCUT2D eigenvalue weighted by atomic mass is 16.7. The Morgan fingerprint density at radius 3 is 2.50 bits per heavy atom. The lowest BCUT2D eigenvalue weighted by Gasteiger charge is -2.37. The van der Waals surface area contributed by atoms with Crippen molar-refractivity contribution < 1.29 is 23.7 Å². The van der Waals surface area contributed by atoms with E-state index in [-0.39, 0.29) is 11.7 Å². The van der Waals surface area contributed by atoms with Crippen molar-refractivity contribution in [1.29, 1.82) is 0 Å². The molecule has 144 valence electrons. The molecule has 1 amide bonds. The van der Waals surface area contributed by atoms with Gasteiger partial charge in [-0.2, -0.15) is 0 Å². The van der Waals surface area contributed by atoms with Crippen LogP contribution in [0.4, 0.5) is 0 Å². The van der Waals surface area contributed by atoms with Gasteiger partial charge in [-0.25, -0.2) is 0 Å². The number of piperidine rings is 1. The predicted molar refractivity (Wildman–Crippen MR) is 96.6 cm³/mol. The number of hydrogen-bond donors (Lipinski definition) is 1. The Morgan fingerprint density at radius 2 is 1.85 bits per heavy atom. The molecule has 26 heavy (non-hydrogen) atoms. The van der Waals surface area contributed by atoms with E-state index < -0.39 is 0 Å². The Morgan fingerprint density at radius 1 is 1.15 bits per heavy atom. The first kappa shape index (κ1) is 18.9. The molecule has 2 aliphatic rings. The quantitative estimate of drug-likeness (QED) is 0.784. The van der Waals surface area contributed by atoms with Gasteiger partial charge in [-0.15, -0.1) is 0 Å². The molecule has 2 fully saturated rings. The number of amides is 1. The monoisotopic (exact) mass is 364 g/mol. The fraction of sp³-hybridized carbons (Fsp3) is 0.632. The van der Waals surface area contributed by atoms with Crippen LogP contribution in [0.15, 0.2) is 18.2 Å². The molecule has 1 aromatic carbocycles. The van der Waals surface area contributed by atoms with E-state index >= 15 is 0 Å². The molecule has 0 aliphatic carbocycles. The zero-order valence-corrected chi connectivity index (χ0v) is 15.6. The second-order valence-electron chi connectivity index (χ2n) is 6.67. The Hall–Kier alpha value is -1.83. The van der Waals surface area contributed by atoms with Crippen LogP contribution < -0.4 is 14.8 Å². The molecule has 7 nitrogen and oxygen atoms in total. The number of ether oxygens (including phenoxy) is 4. The van der Waals surface area contributed by atoms with Crippen molar-refractivity contribution >= 4 is 5.91 Å². The lowest BCUT2D eigenvalue weighted by molar-refractivity contribution is -0.185. The van der Waals surface area contributed by atoms with Gasteiger partial charge in [0.1, 0.15) is 0 Å². The van der Waals surface area contributed by atoms with Crippen LogP contribution in [0.2, 0.25) is 0 Å². The summed E-state index contributed by atoms with van der Waals surface area (Å²) in [7, 11) is 3.24. The first-order valence-electron chi connectivity index (χ1n) is 9.12. The van der Waals surface area contributed by atoms with Crippen LogP contribution in [0, 0.1) is 0 Å². The summed E-state index contributed by atoms with van der Waals surface area (Å²) in [6, 6.07) is 5.81. The van der Waals surface area contributed by atoms with Crippen molar-refractivity contribution in [2.24, 2.45) is 0 Å². The molecule has 1 N–H and O–H groups in total. The number of hydrogen-bond acceptors (Lipinski definition) is 6. The summed E-state index contributed by atoms with van der Waals surface area (Å²) in [6.07, 6.45) is 2.40. The lowest BCUT2D eigenvalue weighted by atomic mass is 10.0. The minimum absolute atomic E-state index is 0.0506. The van der Waals surface area contributed by atoms with Crippen molar-refractivity contribution in [2.75, 3.05) is 53.6 Å². The number of nitrogens with one attached hydrogen (secondary N) is 1. The summed E-state index contributed by atoms with van der Waals surface area (Å²) < 4.78 is 22.0. The maximum atomic E-state index is 12.2. The van der Waals surface area contributed by atoms with Crippen LogP contribution in [0.3, 0.4) is 0 Å². The molecule has 0 atom stereocenters. The molecular formula is C19H28N2O5. The van der Waals surface area contributed by atoms with Crippen molar-refractivity contribution in [1.82, 2.24) is 10.2 Å². The fourth-order valence-corrected chi connectivity index (χ4v) is 3.48. The Kier molecular flexibility index (Phi) is 6.34. The first-order chi connectivity index (χ1) is 12.6. The molecule has 2 saturated heterocycles. The average Bonchev–Trinajstić information content (AvgIpc) is 3.12. The van der Waals surface area contributed by atoms with Crippen LogP contribution in [-0.2, 0) is 20.7 Å². The third kappa shape index (κ3) is 4.66. The molecule has 7 heteroatoms. The standard InChI is InChI=1S/C19H28N2O5/c1-23-16-4-3-15(13-17(16)24-2)5-8-20-18(22)14-21-9-6-19(7-10-21)25-11-12-26-19/h3-4,13H,5-12,14H2,1-2H3,(H,20,22). The van der Waals surface area contributed by atoms with Crippen LogP contribution in [0.5, 0.6) is 11.5 Å². The van der Waals surface area contributed by atoms with Crippen molar-refractivity contribution in [3.63, 3.8) is 0 Å². The molecule has 1 aromatic rings. The first-order valence-corrected chi connectivity index (χ1v) is 9.12. The third-order valence-electron chi connectivity index (χ3n) is 4.98. The number of methoxy groups -OCH3 is 2. The van der Waals surface area contributed by atoms with Gasteiger partial charge in [-0.3, -0.25) is 9.69 Å². The molecule has 0 aromatic heterocycles. The SMILES string of the molecule is COc1ccc(CCNC(=O)CN2CCC3(CC2)OCCO3)cc1OC. The van der Waals surface area contributed by atoms with E-state index in [1.54, 1.807) is 14.2 Å². The van der Waals surface area contributed by atoms with E-state index in [2.05, 4.69) is 10.2 Å². The lowest BCUT2D eigenvalue weighted by Crippen LogP contribution is -2.48. The molecule has 1 spiro atoms. The molecule has 2 heterocycles. The van der Waals surface area contributed by atoms with Gasteiger partial charge in [0.25, 0.3) is 0 Å². The van der Waals surface area contributed by atoms with Gasteiger partial charge in [0.15, 0.2) is 17.3 Å². The summed E-state index contributed by atoms with van der Waals surface area (Å²) in [6.45, 7) is 4.01. The highest BCUT2D eigenvalue weighted by Crippen LogP contribution is 2.31.